The van der Waals surface area contributed by atoms with Gasteiger partial charge < -0.3 is 5.73 Å². The van der Waals surface area contributed by atoms with Gasteiger partial charge >= 0.3 is 0 Å². The zero-order chi connectivity index (χ0) is 15.4. The lowest BCUT2D eigenvalue weighted by molar-refractivity contribution is 0.167. The minimum Gasteiger partial charge on any atom is -0.327 e. The van der Waals surface area contributed by atoms with Gasteiger partial charge in [-0.25, -0.2) is 0 Å². The highest BCUT2D eigenvalue weighted by molar-refractivity contribution is 5.22. The highest BCUT2D eigenvalue weighted by Gasteiger charge is 2.34. The second-order valence-electron chi connectivity index (χ2n) is 7.58. The highest BCUT2D eigenvalue weighted by atomic mass is 14.7. The predicted molar refractivity (Wildman–Crippen MR) is 92.3 cm³/mol. The molecule has 5 unspecified atom stereocenters. The third-order valence-electron chi connectivity index (χ3n) is 5.62. The quantitative estimate of drug-likeness (QED) is 0.790. The van der Waals surface area contributed by atoms with Crippen molar-refractivity contribution in [3.05, 3.63) is 35.9 Å². The van der Waals surface area contributed by atoms with E-state index in [0.29, 0.717) is 23.8 Å². The smallest absolute Gasteiger partial charge is 0.0139 e. The van der Waals surface area contributed by atoms with Crippen molar-refractivity contribution >= 4 is 0 Å². The molecular formula is C20H33N. The first-order valence-corrected chi connectivity index (χ1v) is 8.83. The Balaban J connectivity index is 2.20. The van der Waals surface area contributed by atoms with Crippen LogP contribution < -0.4 is 5.73 Å². The molecule has 1 nitrogen and oxygen atoms in total. The molecule has 5 atom stereocenters. The van der Waals surface area contributed by atoms with Crippen molar-refractivity contribution in [2.75, 3.05) is 0 Å². The van der Waals surface area contributed by atoms with E-state index in [1.807, 2.05) is 0 Å². The van der Waals surface area contributed by atoms with Gasteiger partial charge in [0.25, 0.3) is 0 Å². The summed E-state index contributed by atoms with van der Waals surface area (Å²) in [7, 11) is 0. The van der Waals surface area contributed by atoms with E-state index in [2.05, 4.69) is 58.0 Å². The van der Waals surface area contributed by atoms with Crippen molar-refractivity contribution in [3.63, 3.8) is 0 Å². The largest absolute Gasteiger partial charge is 0.327 e. The van der Waals surface area contributed by atoms with Crippen molar-refractivity contribution in [1.29, 1.82) is 0 Å². The van der Waals surface area contributed by atoms with E-state index >= 15 is 0 Å². The molecule has 1 aromatic rings. The van der Waals surface area contributed by atoms with Crippen LogP contribution >= 0.6 is 0 Å². The van der Waals surface area contributed by atoms with Crippen LogP contribution in [0.3, 0.4) is 0 Å². The summed E-state index contributed by atoms with van der Waals surface area (Å²) in [4.78, 5) is 0. The normalized spacial score (nSPS) is 30.6. The first-order chi connectivity index (χ1) is 10.0. The SMILES string of the molecule is CCC(C)C(c1ccccc1)C(N)C1CC(C)CC(C)C1. The Bertz CT molecular complexity index is 403. The second-order valence-corrected chi connectivity index (χ2v) is 7.58. The van der Waals surface area contributed by atoms with Gasteiger partial charge in [0.1, 0.15) is 0 Å². The monoisotopic (exact) mass is 287 g/mol. The van der Waals surface area contributed by atoms with E-state index in [1.54, 1.807) is 0 Å². The van der Waals surface area contributed by atoms with E-state index in [4.69, 9.17) is 5.73 Å². The molecular weight excluding hydrogens is 254 g/mol. The standard InChI is InChI=1S/C20H33N/c1-5-16(4)19(17-9-7-6-8-10-17)20(21)18-12-14(2)11-15(3)13-18/h6-10,14-16,18-20H,5,11-13,21H2,1-4H3. The molecule has 21 heavy (non-hydrogen) atoms. The molecule has 2 N–H and O–H groups in total. The fraction of sp³-hybridized carbons (Fsp3) is 0.700. The van der Waals surface area contributed by atoms with Crippen LogP contribution in [0.25, 0.3) is 0 Å². The van der Waals surface area contributed by atoms with Crippen molar-refractivity contribution in [1.82, 2.24) is 0 Å². The lowest BCUT2D eigenvalue weighted by atomic mass is 9.68. The van der Waals surface area contributed by atoms with Crippen LogP contribution in [0.5, 0.6) is 0 Å². The Labute approximate surface area is 131 Å². The van der Waals surface area contributed by atoms with Gasteiger partial charge in [-0.3, -0.25) is 0 Å². The maximum Gasteiger partial charge on any atom is 0.0139 e. The average Bonchev–Trinajstić information content (AvgIpc) is 2.47. The maximum atomic E-state index is 6.83. The second kappa shape index (κ2) is 7.45. The maximum absolute atomic E-state index is 6.83. The average molecular weight is 287 g/mol. The Morgan fingerprint density at radius 1 is 1.05 bits per heavy atom. The van der Waals surface area contributed by atoms with Gasteiger partial charge in [-0.1, -0.05) is 64.4 Å². The van der Waals surface area contributed by atoms with Gasteiger partial charge in [0.15, 0.2) is 0 Å². The molecule has 1 heteroatoms. The van der Waals surface area contributed by atoms with Crippen LogP contribution in [0.1, 0.15) is 64.9 Å². The summed E-state index contributed by atoms with van der Waals surface area (Å²) in [5.74, 6) is 3.49. The van der Waals surface area contributed by atoms with Crippen LogP contribution in [0, 0.1) is 23.7 Å². The summed E-state index contributed by atoms with van der Waals surface area (Å²) in [5, 5.41) is 0. The summed E-state index contributed by atoms with van der Waals surface area (Å²) in [6.07, 6.45) is 5.20. The zero-order valence-electron chi connectivity index (χ0n) is 14.3. The molecule has 1 aromatic carbocycles. The Morgan fingerprint density at radius 2 is 1.62 bits per heavy atom. The van der Waals surface area contributed by atoms with Crippen LogP contribution in [-0.4, -0.2) is 6.04 Å². The molecule has 1 aliphatic rings. The molecule has 1 fully saturated rings. The van der Waals surface area contributed by atoms with Crippen molar-refractivity contribution in [2.45, 2.75) is 65.3 Å². The van der Waals surface area contributed by atoms with E-state index in [0.717, 1.165) is 11.8 Å². The number of rotatable bonds is 5. The third-order valence-corrected chi connectivity index (χ3v) is 5.62. The minimum absolute atomic E-state index is 0.299. The van der Waals surface area contributed by atoms with Crippen LogP contribution in [0.4, 0.5) is 0 Å². The minimum atomic E-state index is 0.299. The fourth-order valence-electron chi connectivity index (χ4n) is 4.48. The molecule has 0 amide bonds. The molecule has 1 aliphatic carbocycles. The summed E-state index contributed by atoms with van der Waals surface area (Å²) in [6, 6.07) is 11.3. The first kappa shape index (κ1) is 16.5. The molecule has 0 aromatic heterocycles. The van der Waals surface area contributed by atoms with Gasteiger partial charge in [-0.15, -0.1) is 0 Å². The Hall–Kier alpha value is -0.820. The van der Waals surface area contributed by atoms with E-state index < -0.39 is 0 Å². The number of benzene rings is 1. The van der Waals surface area contributed by atoms with Gasteiger partial charge in [0.05, 0.1) is 0 Å². The molecule has 1 saturated carbocycles. The van der Waals surface area contributed by atoms with Gasteiger partial charge in [-0.2, -0.15) is 0 Å². The molecule has 2 rings (SSSR count). The first-order valence-electron chi connectivity index (χ1n) is 8.83. The molecule has 0 heterocycles. The van der Waals surface area contributed by atoms with Gasteiger partial charge in [0, 0.05) is 12.0 Å². The third kappa shape index (κ3) is 4.10. The summed E-state index contributed by atoms with van der Waals surface area (Å²) >= 11 is 0. The van der Waals surface area contributed by atoms with Crippen LogP contribution in [-0.2, 0) is 0 Å². The van der Waals surface area contributed by atoms with E-state index in [1.165, 1.54) is 31.2 Å². The van der Waals surface area contributed by atoms with E-state index in [9.17, 15) is 0 Å². The highest BCUT2D eigenvalue weighted by Crippen LogP contribution is 2.40. The molecule has 0 radical (unpaired) electrons. The predicted octanol–water partition coefficient (Wildman–Crippen LogP) is 5.22. The van der Waals surface area contributed by atoms with Crippen molar-refractivity contribution in [2.24, 2.45) is 29.4 Å². The lowest BCUT2D eigenvalue weighted by Crippen LogP contribution is -2.42. The lowest BCUT2D eigenvalue weighted by Gasteiger charge is -2.40. The van der Waals surface area contributed by atoms with Gasteiger partial charge in [0.2, 0.25) is 0 Å². The van der Waals surface area contributed by atoms with Gasteiger partial charge in [-0.05, 0) is 48.5 Å². The van der Waals surface area contributed by atoms with Crippen molar-refractivity contribution in [3.8, 4) is 0 Å². The molecule has 118 valence electrons. The molecule has 0 bridgehead atoms. The summed E-state index contributed by atoms with van der Waals surface area (Å²) in [5.41, 5.74) is 8.26. The zero-order valence-corrected chi connectivity index (χ0v) is 14.3. The number of hydrogen-bond acceptors (Lipinski definition) is 1. The number of nitrogens with two attached hydrogens (primary N) is 1. The Kier molecular flexibility index (Phi) is 5.87. The summed E-state index contributed by atoms with van der Waals surface area (Å²) < 4.78 is 0. The van der Waals surface area contributed by atoms with Crippen LogP contribution in [0.2, 0.25) is 0 Å². The molecule has 0 spiro atoms. The number of hydrogen-bond donors (Lipinski definition) is 1. The van der Waals surface area contributed by atoms with Crippen molar-refractivity contribution < 1.29 is 0 Å². The summed E-state index contributed by atoms with van der Waals surface area (Å²) in [6.45, 7) is 9.46. The fourth-order valence-corrected chi connectivity index (χ4v) is 4.48. The topological polar surface area (TPSA) is 26.0 Å². The Morgan fingerprint density at radius 3 is 2.14 bits per heavy atom. The van der Waals surface area contributed by atoms with E-state index in [-0.39, 0.29) is 0 Å². The molecule has 0 saturated heterocycles. The van der Waals surface area contributed by atoms with Crippen LogP contribution in [0.15, 0.2) is 30.3 Å². The molecule has 0 aliphatic heterocycles.